The van der Waals surface area contributed by atoms with Crippen LogP contribution in [0.25, 0.3) is 0 Å². The average Bonchev–Trinajstić information content (AvgIpc) is 2.45. The molecule has 0 saturated heterocycles. The summed E-state index contributed by atoms with van der Waals surface area (Å²) in [6.45, 7) is 6.56. The van der Waals surface area contributed by atoms with Crippen molar-refractivity contribution in [2.75, 3.05) is 30.5 Å². The Hall–Kier alpha value is -0.670. The predicted molar refractivity (Wildman–Crippen MR) is 89.3 cm³/mol. The van der Waals surface area contributed by atoms with Crippen LogP contribution in [0, 0.1) is 0 Å². The van der Waals surface area contributed by atoms with E-state index in [4.69, 9.17) is 0 Å². The predicted octanol–water partition coefficient (Wildman–Crippen LogP) is 3.76. The van der Waals surface area contributed by atoms with Gasteiger partial charge in [-0.3, -0.25) is 0 Å². The lowest BCUT2D eigenvalue weighted by Gasteiger charge is -2.27. The lowest BCUT2D eigenvalue weighted by atomic mass is 10.1. The van der Waals surface area contributed by atoms with Gasteiger partial charge in [0.2, 0.25) is 0 Å². The largest absolute Gasteiger partial charge is 0.372 e. The first kappa shape index (κ1) is 16.4. The zero-order chi connectivity index (χ0) is 14.1. The Morgan fingerprint density at radius 1 is 1.26 bits per heavy atom. The third-order valence-corrected chi connectivity index (χ3v) is 4.14. The minimum atomic E-state index is 0.594. The summed E-state index contributed by atoms with van der Waals surface area (Å²) >= 11 is 1.92. The first-order chi connectivity index (χ1) is 9.19. The molecule has 0 heterocycles. The molecule has 1 rings (SSSR count). The van der Waals surface area contributed by atoms with Gasteiger partial charge in [-0.15, -0.1) is 0 Å². The van der Waals surface area contributed by atoms with E-state index in [1.165, 1.54) is 29.8 Å². The number of rotatable bonds is 9. The van der Waals surface area contributed by atoms with Crippen molar-refractivity contribution in [2.45, 2.75) is 39.3 Å². The maximum Gasteiger partial charge on any atom is 0.0366 e. The third-order valence-electron chi connectivity index (χ3n) is 3.50. The van der Waals surface area contributed by atoms with E-state index in [2.05, 4.69) is 61.6 Å². The highest BCUT2D eigenvalue weighted by Crippen LogP contribution is 2.18. The highest BCUT2D eigenvalue weighted by molar-refractivity contribution is 7.98. The molecule has 1 aromatic rings. The molecule has 0 aliphatic heterocycles. The summed E-state index contributed by atoms with van der Waals surface area (Å²) in [5.41, 5.74) is 2.68. The Bertz CT molecular complexity index is 337. The summed E-state index contributed by atoms with van der Waals surface area (Å²) in [6.07, 6.45) is 4.59. The van der Waals surface area contributed by atoms with Crippen molar-refractivity contribution in [3.05, 3.63) is 29.8 Å². The van der Waals surface area contributed by atoms with E-state index >= 15 is 0 Å². The standard InChI is InChI=1S/C16H28N2S/c1-5-11-17-13-15-6-8-16(9-7-15)18(3)14(2)10-12-19-4/h6-9,14,17H,5,10-13H2,1-4H3. The maximum absolute atomic E-state index is 3.43. The topological polar surface area (TPSA) is 15.3 Å². The van der Waals surface area contributed by atoms with Crippen LogP contribution in [0.5, 0.6) is 0 Å². The molecule has 0 radical (unpaired) electrons. The second-order valence-corrected chi connectivity index (χ2v) is 6.07. The molecule has 0 aromatic heterocycles. The SMILES string of the molecule is CCCNCc1ccc(N(C)C(C)CCSC)cc1. The number of anilines is 1. The molecule has 0 bridgehead atoms. The minimum Gasteiger partial charge on any atom is -0.372 e. The fourth-order valence-corrected chi connectivity index (χ4v) is 2.57. The van der Waals surface area contributed by atoms with Crippen molar-refractivity contribution in [1.29, 1.82) is 0 Å². The number of hydrogen-bond donors (Lipinski definition) is 1. The molecule has 0 fully saturated rings. The summed E-state index contributed by atoms with van der Waals surface area (Å²) in [5.74, 6) is 1.23. The van der Waals surface area contributed by atoms with E-state index in [0.29, 0.717) is 6.04 Å². The van der Waals surface area contributed by atoms with Gasteiger partial charge in [0.1, 0.15) is 0 Å². The van der Waals surface area contributed by atoms with Crippen molar-refractivity contribution in [2.24, 2.45) is 0 Å². The molecule has 0 aliphatic rings. The van der Waals surface area contributed by atoms with Crippen molar-refractivity contribution < 1.29 is 0 Å². The summed E-state index contributed by atoms with van der Waals surface area (Å²) in [7, 11) is 2.19. The lowest BCUT2D eigenvalue weighted by Crippen LogP contribution is -2.29. The van der Waals surface area contributed by atoms with Crippen molar-refractivity contribution >= 4 is 17.4 Å². The molecular formula is C16H28N2S. The molecule has 1 aromatic carbocycles. The quantitative estimate of drug-likeness (QED) is 0.693. The van der Waals surface area contributed by atoms with E-state index in [0.717, 1.165) is 13.1 Å². The van der Waals surface area contributed by atoms with E-state index in [1.807, 2.05) is 11.8 Å². The van der Waals surface area contributed by atoms with E-state index < -0.39 is 0 Å². The summed E-state index contributed by atoms with van der Waals surface area (Å²) in [4.78, 5) is 2.37. The average molecular weight is 280 g/mol. The highest BCUT2D eigenvalue weighted by atomic mass is 32.2. The first-order valence-electron chi connectivity index (χ1n) is 7.20. The molecule has 0 saturated carbocycles. The second kappa shape index (κ2) is 9.27. The van der Waals surface area contributed by atoms with Crippen LogP contribution in [0.4, 0.5) is 5.69 Å². The normalized spacial score (nSPS) is 12.4. The molecule has 0 spiro atoms. The molecular weight excluding hydrogens is 252 g/mol. The molecule has 0 amide bonds. The number of nitrogens with zero attached hydrogens (tertiary/aromatic N) is 1. The smallest absolute Gasteiger partial charge is 0.0366 e. The van der Waals surface area contributed by atoms with Crippen molar-refractivity contribution in [3.8, 4) is 0 Å². The van der Waals surface area contributed by atoms with E-state index in [1.54, 1.807) is 0 Å². The van der Waals surface area contributed by atoms with Crippen LogP contribution in [0.2, 0.25) is 0 Å². The zero-order valence-corrected chi connectivity index (χ0v) is 13.6. The molecule has 19 heavy (non-hydrogen) atoms. The van der Waals surface area contributed by atoms with Gasteiger partial charge in [0.25, 0.3) is 0 Å². The van der Waals surface area contributed by atoms with Crippen LogP contribution < -0.4 is 10.2 Å². The van der Waals surface area contributed by atoms with Crippen molar-refractivity contribution in [3.63, 3.8) is 0 Å². The van der Waals surface area contributed by atoms with Gasteiger partial charge >= 0.3 is 0 Å². The van der Waals surface area contributed by atoms with Gasteiger partial charge in [0, 0.05) is 25.3 Å². The van der Waals surface area contributed by atoms with Crippen LogP contribution in [-0.2, 0) is 6.54 Å². The summed E-state index contributed by atoms with van der Waals surface area (Å²) < 4.78 is 0. The van der Waals surface area contributed by atoms with Gasteiger partial charge in [-0.05, 0) is 56.0 Å². The third kappa shape index (κ3) is 5.87. The Morgan fingerprint density at radius 3 is 2.53 bits per heavy atom. The van der Waals surface area contributed by atoms with Crippen molar-refractivity contribution in [1.82, 2.24) is 5.32 Å². The van der Waals surface area contributed by atoms with Crippen LogP contribution in [-0.4, -0.2) is 31.6 Å². The minimum absolute atomic E-state index is 0.594. The summed E-state index contributed by atoms with van der Waals surface area (Å²) in [6, 6.07) is 9.53. The molecule has 108 valence electrons. The van der Waals surface area contributed by atoms with Gasteiger partial charge in [0.05, 0.1) is 0 Å². The highest BCUT2D eigenvalue weighted by Gasteiger charge is 2.09. The van der Waals surface area contributed by atoms with Crippen LogP contribution in [0.3, 0.4) is 0 Å². The number of benzene rings is 1. The monoisotopic (exact) mass is 280 g/mol. The van der Waals surface area contributed by atoms with Gasteiger partial charge < -0.3 is 10.2 Å². The van der Waals surface area contributed by atoms with E-state index in [-0.39, 0.29) is 0 Å². The number of hydrogen-bond acceptors (Lipinski definition) is 3. The molecule has 1 atom stereocenters. The Kier molecular flexibility index (Phi) is 7.99. The van der Waals surface area contributed by atoms with Crippen LogP contribution in [0.1, 0.15) is 32.3 Å². The zero-order valence-electron chi connectivity index (χ0n) is 12.8. The first-order valence-corrected chi connectivity index (χ1v) is 8.59. The second-order valence-electron chi connectivity index (χ2n) is 5.08. The molecule has 1 unspecified atom stereocenters. The number of thioether (sulfide) groups is 1. The Morgan fingerprint density at radius 2 is 1.95 bits per heavy atom. The van der Waals surface area contributed by atoms with Gasteiger partial charge in [-0.1, -0.05) is 19.1 Å². The molecule has 3 heteroatoms. The number of nitrogens with one attached hydrogen (secondary N) is 1. The van der Waals surface area contributed by atoms with Gasteiger partial charge in [0.15, 0.2) is 0 Å². The molecule has 1 N–H and O–H groups in total. The summed E-state index contributed by atoms with van der Waals surface area (Å²) in [5, 5.41) is 3.43. The molecule has 0 aliphatic carbocycles. The van der Waals surface area contributed by atoms with Crippen LogP contribution in [0.15, 0.2) is 24.3 Å². The van der Waals surface area contributed by atoms with Gasteiger partial charge in [-0.25, -0.2) is 0 Å². The lowest BCUT2D eigenvalue weighted by molar-refractivity contribution is 0.666. The maximum atomic E-state index is 3.43. The van der Waals surface area contributed by atoms with Crippen LogP contribution >= 0.6 is 11.8 Å². The fraction of sp³-hybridized carbons (Fsp3) is 0.625. The Balaban J connectivity index is 2.50. The Labute approximate surface area is 123 Å². The molecule has 2 nitrogen and oxygen atoms in total. The van der Waals surface area contributed by atoms with E-state index in [9.17, 15) is 0 Å². The fourth-order valence-electron chi connectivity index (χ4n) is 1.99. The van der Waals surface area contributed by atoms with Gasteiger partial charge in [-0.2, -0.15) is 11.8 Å².